The van der Waals surface area contributed by atoms with Crippen LogP contribution in [0.4, 0.5) is 0 Å². The van der Waals surface area contributed by atoms with Crippen molar-refractivity contribution in [3.8, 4) is 0 Å². The summed E-state index contributed by atoms with van der Waals surface area (Å²) in [5.41, 5.74) is 0.934. The zero-order valence-electron chi connectivity index (χ0n) is 18.8. The first-order chi connectivity index (χ1) is 16.3. The average Bonchev–Trinajstić information content (AvgIpc) is 3.55. The number of nitrogens with zero attached hydrogens (tertiary/aromatic N) is 3. The first kappa shape index (κ1) is 22.1. The lowest BCUT2D eigenvalue weighted by atomic mass is 10.1. The fraction of sp³-hybridized carbons (Fsp3) is 0.417. The lowest BCUT2D eigenvalue weighted by Crippen LogP contribution is -2.53. The third-order valence-corrected chi connectivity index (χ3v) is 7.01. The highest BCUT2D eigenvalue weighted by atomic mass is 16.3. The minimum absolute atomic E-state index is 0.180. The van der Waals surface area contributed by atoms with Gasteiger partial charge in [0.15, 0.2) is 6.10 Å². The van der Waals surface area contributed by atoms with Crippen molar-refractivity contribution in [1.29, 1.82) is 0 Å². The number of likely N-dealkylation sites (tertiary alicyclic amines) is 1. The van der Waals surface area contributed by atoms with Crippen LogP contribution in [0.1, 0.15) is 35.0 Å². The van der Waals surface area contributed by atoms with Gasteiger partial charge in [-0.1, -0.05) is 30.3 Å². The van der Waals surface area contributed by atoms with Crippen LogP contribution in [0, 0.1) is 0 Å². The molecule has 0 unspecified atom stereocenters. The first-order valence-corrected chi connectivity index (χ1v) is 11.4. The van der Waals surface area contributed by atoms with E-state index in [9.17, 15) is 24.3 Å². The Morgan fingerprint density at radius 3 is 2.62 bits per heavy atom. The molecule has 4 heterocycles. The number of aliphatic hydroxyl groups is 1. The normalized spacial score (nSPS) is 27.0. The molecule has 1 aromatic heterocycles. The molecule has 0 spiro atoms. The number of aromatic nitrogens is 1. The molecule has 10 nitrogen and oxygen atoms in total. The molecule has 0 radical (unpaired) electrons. The lowest BCUT2D eigenvalue weighted by molar-refractivity contribution is -0.149. The molecule has 3 aliphatic rings. The second-order valence-corrected chi connectivity index (χ2v) is 9.11. The van der Waals surface area contributed by atoms with Crippen LogP contribution in [0.2, 0.25) is 0 Å². The number of hydrogen-bond acceptors (Lipinski definition) is 5. The maximum absolute atomic E-state index is 13.6. The van der Waals surface area contributed by atoms with E-state index in [-0.39, 0.29) is 36.9 Å². The van der Waals surface area contributed by atoms with E-state index in [1.165, 1.54) is 9.80 Å². The van der Waals surface area contributed by atoms with E-state index >= 15 is 0 Å². The highest BCUT2D eigenvalue weighted by molar-refractivity contribution is 5.98. The fourth-order valence-corrected chi connectivity index (χ4v) is 5.27. The molecular formula is C24H27N5O5. The van der Waals surface area contributed by atoms with Gasteiger partial charge in [-0.05, 0) is 30.5 Å². The predicted octanol–water partition coefficient (Wildman–Crippen LogP) is -0.443. The van der Waals surface area contributed by atoms with Crippen LogP contribution in [0.3, 0.4) is 0 Å². The van der Waals surface area contributed by atoms with Crippen LogP contribution in [-0.2, 0) is 21.4 Å². The second-order valence-electron chi connectivity index (χ2n) is 9.11. The summed E-state index contributed by atoms with van der Waals surface area (Å²) < 4.78 is 1.70. The summed E-state index contributed by atoms with van der Waals surface area (Å²) in [7, 11) is 1.77. The number of aliphatic hydroxyl groups excluding tert-OH is 1. The molecule has 178 valence electrons. The van der Waals surface area contributed by atoms with Gasteiger partial charge in [0.1, 0.15) is 17.8 Å². The number of nitrogens with one attached hydrogen (secondary N) is 2. The van der Waals surface area contributed by atoms with Gasteiger partial charge in [0.2, 0.25) is 11.8 Å². The molecular weight excluding hydrogens is 438 g/mol. The summed E-state index contributed by atoms with van der Waals surface area (Å²) in [6.07, 6.45) is 1.11. The summed E-state index contributed by atoms with van der Waals surface area (Å²) in [6, 6.07) is 9.53. The summed E-state index contributed by atoms with van der Waals surface area (Å²) in [6.45, 7) is 0.440. The monoisotopic (exact) mass is 465 g/mol. The maximum Gasteiger partial charge on any atom is 0.268 e. The fourth-order valence-electron chi connectivity index (χ4n) is 5.27. The third-order valence-electron chi connectivity index (χ3n) is 7.01. The Labute approximate surface area is 196 Å². The Morgan fingerprint density at radius 2 is 1.91 bits per heavy atom. The molecule has 4 amide bonds. The van der Waals surface area contributed by atoms with E-state index in [0.717, 1.165) is 0 Å². The van der Waals surface area contributed by atoms with Gasteiger partial charge in [-0.3, -0.25) is 19.2 Å². The summed E-state index contributed by atoms with van der Waals surface area (Å²) in [5, 5.41) is 16.5. The zero-order chi connectivity index (χ0) is 24.0. The molecule has 2 aromatic rings. The number of fused-ring (bicyclic) bond motifs is 2. The molecule has 5 atom stereocenters. The molecule has 0 saturated carbocycles. The predicted molar refractivity (Wildman–Crippen MR) is 120 cm³/mol. The summed E-state index contributed by atoms with van der Waals surface area (Å²) in [5.74, 6) is -1.46. The van der Waals surface area contributed by atoms with Gasteiger partial charge in [0.25, 0.3) is 11.8 Å². The average molecular weight is 466 g/mol. The molecule has 3 N–H and O–H groups in total. The van der Waals surface area contributed by atoms with Crippen molar-refractivity contribution in [3.05, 3.63) is 59.9 Å². The first-order valence-electron chi connectivity index (χ1n) is 11.4. The van der Waals surface area contributed by atoms with Gasteiger partial charge in [0, 0.05) is 32.4 Å². The van der Waals surface area contributed by atoms with Crippen molar-refractivity contribution in [1.82, 2.24) is 25.0 Å². The largest absolute Gasteiger partial charge is 0.378 e. The molecule has 5 rings (SSSR count). The van der Waals surface area contributed by atoms with Crippen molar-refractivity contribution >= 4 is 23.6 Å². The minimum Gasteiger partial charge on any atom is -0.378 e. The highest BCUT2D eigenvalue weighted by Crippen LogP contribution is 2.31. The van der Waals surface area contributed by atoms with Crippen LogP contribution in [-0.4, -0.2) is 80.4 Å². The van der Waals surface area contributed by atoms with Crippen LogP contribution in [0.25, 0.3) is 0 Å². The lowest BCUT2D eigenvalue weighted by Gasteiger charge is -2.30. The minimum atomic E-state index is -1.39. The maximum atomic E-state index is 13.6. The molecule has 34 heavy (non-hydrogen) atoms. The standard InChI is InChI=1S/C24H27N5O5/c1-27-10-5-8-17(27)21(31)25-15-12-18-22(32)26-16-9-11-28(19(16)23(33)29(18)13-15)24(34)20(30)14-6-3-2-4-7-14/h2-8,10,15-16,18-20,30H,9,11-13H2,1H3,(H,25,31)(H,26,32)/t15-,16-,18+,19+,20+/m1/s1. The van der Waals surface area contributed by atoms with E-state index < -0.39 is 30.1 Å². The van der Waals surface area contributed by atoms with Crippen molar-refractivity contribution in [2.45, 2.75) is 43.1 Å². The van der Waals surface area contributed by atoms with E-state index in [1.807, 2.05) is 0 Å². The molecule has 3 aliphatic heterocycles. The SMILES string of the molecule is Cn1cccc1C(=O)N[C@@H]1C[C@H]2C(=O)N[C@@H]3CCN(C(=O)[C@@H](O)c4ccccc4)[C@@H]3C(=O)N2C1. The van der Waals surface area contributed by atoms with Gasteiger partial charge < -0.3 is 30.1 Å². The summed E-state index contributed by atoms with van der Waals surface area (Å²) >= 11 is 0. The summed E-state index contributed by atoms with van der Waals surface area (Å²) in [4.78, 5) is 55.2. The quantitative estimate of drug-likeness (QED) is 0.565. The number of benzene rings is 1. The van der Waals surface area contributed by atoms with Gasteiger partial charge in [-0.15, -0.1) is 0 Å². The van der Waals surface area contributed by atoms with E-state index in [1.54, 1.807) is 60.3 Å². The smallest absolute Gasteiger partial charge is 0.268 e. The number of hydrogen-bond donors (Lipinski definition) is 3. The molecule has 0 aliphatic carbocycles. The topological polar surface area (TPSA) is 124 Å². The van der Waals surface area contributed by atoms with Gasteiger partial charge in [0.05, 0.1) is 6.04 Å². The Hall–Kier alpha value is -3.66. The van der Waals surface area contributed by atoms with E-state index in [2.05, 4.69) is 10.6 Å². The number of rotatable bonds is 4. The molecule has 0 bridgehead atoms. The molecule has 3 saturated heterocycles. The van der Waals surface area contributed by atoms with Gasteiger partial charge >= 0.3 is 0 Å². The molecule has 3 fully saturated rings. The number of amides is 4. The third kappa shape index (κ3) is 3.73. The number of carbonyl (C=O) groups is 4. The Balaban J connectivity index is 1.33. The van der Waals surface area contributed by atoms with E-state index in [0.29, 0.717) is 24.1 Å². The Morgan fingerprint density at radius 1 is 1.15 bits per heavy atom. The number of aryl methyl sites for hydroxylation is 1. The van der Waals surface area contributed by atoms with Crippen molar-refractivity contribution in [2.24, 2.45) is 7.05 Å². The highest BCUT2D eigenvalue weighted by Gasteiger charge is 2.53. The second kappa shape index (κ2) is 8.60. The van der Waals surface area contributed by atoms with Crippen LogP contribution in [0.5, 0.6) is 0 Å². The van der Waals surface area contributed by atoms with E-state index in [4.69, 9.17) is 0 Å². The zero-order valence-corrected chi connectivity index (χ0v) is 18.8. The van der Waals surface area contributed by atoms with Gasteiger partial charge in [-0.2, -0.15) is 0 Å². The van der Waals surface area contributed by atoms with Crippen molar-refractivity contribution in [3.63, 3.8) is 0 Å². The van der Waals surface area contributed by atoms with Crippen molar-refractivity contribution in [2.75, 3.05) is 13.1 Å². The van der Waals surface area contributed by atoms with Gasteiger partial charge in [-0.25, -0.2) is 0 Å². The van der Waals surface area contributed by atoms with Crippen LogP contribution in [0.15, 0.2) is 48.7 Å². The molecule has 10 heteroatoms. The van der Waals surface area contributed by atoms with Crippen LogP contribution >= 0.6 is 0 Å². The van der Waals surface area contributed by atoms with Crippen molar-refractivity contribution < 1.29 is 24.3 Å². The Kier molecular flexibility index (Phi) is 5.60. The number of carbonyl (C=O) groups excluding carboxylic acids is 4. The molecule has 1 aromatic carbocycles. The Bertz CT molecular complexity index is 1130. The van der Waals surface area contributed by atoms with Crippen LogP contribution < -0.4 is 10.6 Å².